The summed E-state index contributed by atoms with van der Waals surface area (Å²) in [6.07, 6.45) is 1.84. The van der Waals surface area contributed by atoms with Gasteiger partial charge in [0.1, 0.15) is 5.82 Å². The van der Waals surface area contributed by atoms with Crippen molar-refractivity contribution in [1.29, 1.82) is 0 Å². The summed E-state index contributed by atoms with van der Waals surface area (Å²) in [5, 5.41) is 0. The molecule has 1 heterocycles. The first-order valence-corrected chi connectivity index (χ1v) is 5.48. The van der Waals surface area contributed by atoms with Crippen LogP contribution in [-0.4, -0.2) is 17.6 Å². The van der Waals surface area contributed by atoms with Crippen LogP contribution in [0, 0.1) is 6.92 Å². The molecule has 0 aliphatic rings. The molecule has 0 fully saturated rings. The van der Waals surface area contributed by atoms with E-state index in [1.54, 1.807) is 0 Å². The molecule has 0 bridgehead atoms. The minimum absolute atomic E-state index is 0.0866. The molecule has 0 aliphatic heterocycles. The van der Waals surface area contributed by atoms with Crippen molar-refractivity contribution in [3.63, 3.8) is 0 Å². The number of nitrogens with zero attached hydrogens (tertiary/aromatic N) is 2. The van der Waals surface area contributed by atoms with Crippen molar-refractivity contribution < 1.29 is 0 Å². The number of hydrogen-bond acceptors (Lipinski definition) is 2. The standard InChI is InChI=1S/C11H17BrN2/c1-8-6-7-13-10(9(8)12)14(5)11(2,3)4/h6-7H,1-5H3. The van der Waals surface area contributed by atoms with Crippen LogP contribution in [0.3, 0.4) is 0 Å². The van der Waals surface area contributed by atoms with Gasteiger partial charge in [-0.05, 0) is 55.3 Å². The van der Waals surface area contributed by atoms with Gasteiger partial charge in [0.2, 0.25) is 0 Å². The van der Waals surface area contributed by atoms with Gasteiger partial charge in [-0.3, -0.25) is 0 Å². The van der Waals surface area contributed by atoms with Gasteiger partial charge >= 0.3 is 0 Å². The molecule has 1 aromatic heterocycles. The maximum atomic E-state index is 4.38. The Balaban J connectivity index is 3.14. The highest BCUT2D eigenvalue weighted by Gasteiger charge is 2.20. The highest BCUT2D eigenvalue weighted by Crippen LogP contribution is 2.29. The van der Waals surface area contributed by atoms with Gasteiger partial charge < -0.3 is 4.90 Å². The van der Waals surface area contributed by atoms with Gasteiger partial charge in [0, 0.05) is 18.8 Å². The lowest BCUT2D eigenvalue weighted by atomic mass is 10.1. The van der Waals surface area contributed by atoms with E-state index in [9.17, 15) is 0 Å². The number of aryl methyl sites for hydroxylation is 1. The third-order valence-corrected chi connectivity index (χ3v) is 3.37. The Bertz CT molecular complexity index is 329. The average molecular weight is 257 g/mol. The molecule has 1 rings (SSSR count). The molecule has 0 saturated carbocycles. The molecule has 0 spiro atoms. The lowest BCUT2D eigenvalue weighted by Gasteiger charge is -2.33. The number of pyridine rings is 1. The summed E-state index contributed by atoms with van der Waals surface area (Å²) in [7, 11) is 2.06. The van der Waals surface area contributed by atoms with Crippen LogP contribution in [0.2, 0.25) is 0 Å². The Kier molecular flexibility index (Phi) is 3.20. The molecule has 78 valence electrons. The van der Waals surface area contributed by atoms with E-state index in [0.717, 1.165) is 10.3 Å². The van der Waals surface area contributed by atoms with Crippen LogP contribution in [-0.2, 0) is 0 Å². The molecule has 0 unspecified atom stereocenters. The zero-order chi connectivity index (χ0) is 10.9. The maximum absolute atomic E-state index is 4.38. The van der Waals surface area contributed by atoms with Crippen LogP contribution in [0.4, 0.5) is 5.82 Å². The van der Waals surface area contributed by atoms with Gasteiger partial charge in [-0.15, -0.1) is 0 Å². The first kappa shape index (κ1) is 11.5. The summed E-state index contributed by atoms with van der Waals surface area (Å²) in [4.78, 5) is 6.56. The molecule has 3 heteroatoms. The van der Waals surface area contributed by atoms with E-state index < -0.39 is 0 Å². The van der Waals surface area contributed by atoms with Gasteiger partial charge in [-0.25, -0.2) is 4.98 Å². The van der Waals surface area contributed by atoms with Crippen molar-refractivity contribution in [3.05, 3.63) is 22.3 Å². The number of rotatable bonds is 1. The fourth-order valence-electron chi connectivity index (χ4n) is 1.08. The molecular weight excluding hydrogens is 240 g/mol. The minimum Gasteiger partial charge on any atom is -0.354 e. The number of hydrogen-bond donors (Lipinski definition) is 0. The van der Waals surface area contributed by atoms with Crippen molar-refractivity contribution in [3.8, 4) is 0 Å². The lowest BCUT2D eigenvalue weighted by Crippen LogP contribution is -2.38. The Morgan fingerprint density at radius 1 is 1.36 bits per heavy atom. The Morgan fingerprint density at radius 2 is 1.93 bits per heavy atom. The Hall–Kier alpha value is -0.570. The van der Waals surface area contributed by atoms with Gasteiger partial charge in [0.25, 0.3) is 0 Å². The van der Waals surface area contributed by atoms with Crippen molar-refractivity contribution in [2.75, 3.05) is 11.9 Å². The van der Waals surface area contributed by atoms with Crippen molar-refractivity contribution >= 4 is 21.7 Å². The molecule has 0 amide bonds. The van der Waals surface area contributed by atoms with E-state index >= 15 is 0 Å². The van der Waals surface area contributed by atoms with Gasteiger partial charge in [-0.1, -0.05) is 0 Å². The molecule has 0 N–H and O–H groups in total. The average Bonchev–Trinajstić information content (AvgIpc) is 2.07. The monoisotopic (exact) mass is 256 g/mol. The topological polar surface area (TPSA) is 16.1 Å². The Morgan fingerprint density at radius 3 is 2.43 bits per heavy atom. The molecule has 1 aromatic rings. The predicted octanol–water partition coefficient (Wildman–Crippen LogP) is 3.39. The van der Waals surface area contributed by atoms with Gasteiger partial charge in [0.15, 0.2) is 0 Å². The zero-order valence-corrected chi connectivity index (χ0v) is 11.0. The summed E-state index contributed by atoms with van der Waals surface area (Å²) in [5.41, 5.74) is 1.30. The predicted molar refractivity (Wildman–Crippen MR) is 64.8 cm³/mol. The van der Waals surface area contributed by atoms with Crippen LogP contribution >= 0.6 is 15.9 Å². The largest absolute Gasteiger partial charge is 0.354 e. The smallest absolute Gasteiger partial charge is 0.143 e. The summed E-state index contributed by atoms with van der Waals surface area (Å²) in [6.45, 7) is 8.59. The third-order valence-electron chi connectivity index (χ3n) is 2.39. The van der Waals surface area contributed by atoms with E-state index in [1.165, 1.54) is 5.56 Å². The Labute approximate surface area is 94.5 Å². The quantitative estimate of drug-likeness (QED) is 0.766. The number of anilines is 1. The van der Waals surface area contributed by atoms with Crippen LogP contribution in [0.15, 0.2) is 16.7 Å². The number of halogens is 1. The summed E-state index contributed by atoms with van der Waals surface area (Å²) in [5.74, 6) is 0.998. The second-order valence-corrected chi connectivity index (χ2v) is 5.29. The summed E-state index contributed by atoms with van der Waals surface area (Å²) in [6, 6.07) is 2.00. The molecular formula is C11H17BrN2. The van der Waals surface area contributed by atoms with Crippen molar-refractivity contribution in [2.45, 2.75) is 33.2 Å². The maximum Gasteiger partial charge on any atom is 0.143 e. The minimum atomic E-state index is 0.0866. The first-order valence-electron chi connectivity index (χ1n) is 4.69. The van der Waals surface area contributed by atoms with Gasteiger partial charge in [-0.2, -0.15) is 0 Å². The van der Waals surface area contributed by atoms with Crippen molar-refractivity contribution in [2.24, 2.45) is 0 Å². The molecule has 14 heavy (non-hydrogen) atoms. The number of aromatic nitrogens is 1. The summed E-state index contributed by atoms with van der Waals surface area (Å²) < 4.78 is 1.08. The van der Waals surface area contributed by atoms with Crippen LogP contribution in [0.5, 0.6) is 0 Å². The fourth-order valence-corrected chi connectivity index (χ4v) is 1.58. The molecule has 0 aromatic carbocycles. The van der Waals surface area contributed by atoms with Crippen molar-refractivity contribution in [1.82, 2.24) is 4.98 Å². The highest BCUT2D eigenvalue weighted by molar-refractivity contribution is 9.10. The first-order chi connectivity index (χ1) is 6.34. The summed E-state index contributed by atoms with van der Waals surface area (Å²) >= 11 is 3.57. The van der Waals surface area contributed by atoms with Gasteiger partial charge in [0.05, 0.1) is 4.47 Å². The van der Waals surface area contributed by atoms with Crippen LogP contribution in [0.25, 0.3) is 0 Å². The molecule has 0 saturated heterocycles. The van der Waals surface area contributed by atoms with E-state index in [0.29, 0.717) is 0 Å². The van der Waals surface area contributed by atoms with Crippen LogP contribution in [0.1, 0.15) is 26.3 Å². The van der Waals surface area contributed by atoms with E-state index in [-0.39, 0.29) is 5.54 Å². The third kappa shape index (κ3) is 2.27. The normalized spacial score (nSPS) is 11.6. The highest BCUT2D eigenvalue weighted by atomic mass is 79.9. The molecule has 0 radical (unpaired) electrons. The SMILES string of the molecule is Cc1ccnc(N(C)C(C)(C)C)c1Br. The zero-order valence-electron chi connectivity index (χ0n) is 9.43. The second-order valence-electron chi connectivity index (χ2n) is 4.50. The van der Waals surface area contributed by atoms with E-state index in [4.69, 9.17) is 0 Å². The fraction of sp³-hybridized carbons (Fsp3) is 0.545. The molecule has 2 nitrogen and oxygen atoms in total. The second kappa shape index (κ2) is 3.89. The molecule has 0 atom stereocenters. The van der Waals surface area contributed by atoms with E-state index in [1.807, 2.05) is 12.3 Å². The van der Waals surface area contributed by atoms with Crippen LogP contribution < -0.4 is 4.90 Å². The molecule has 0 aliphatic carbocycles. The van der Waals surface area contributed by atoms with E-state index in [2.05, 4.69) is 60.6 Å². The lowest BCUT2D eigenvalue weighted by molar-refractivity contribution is 0.533.